The Hall–Kier alpha value is -3.42. The lowest BCUT2D eigenvalue weighted by Crippen LogP contribution is -2.25. The smallest absolute Gasteiger partial charge is 0.224 e. The number of carbonyl (C=O) groups excluding carboxylic acids is 1. The summed E-state index contributed by atoms with van der Waals surface area (Å²) in [6.07, 6.45) is 11.6. The van der Waals surface area contributed by atoms with Gasteiger partial charge in [0.05, 0.1) is 16.4 Å². The van der Waals surface area contributed by atoms with Crippen LogP contribution in [0.15, 0.2) is 89.1 Å². The zero-order valence-electron chi connectivity index (χ0n) is 20.7. The lowest BCUT2D eigenvalue weighted by Gasteiger charge is -2.13. The molecule has 38 heavy (non-hydrogen) atoms. The van der Waals surface area contributed by atoms with Crippen LogP contribution in [0, 0.1) is 11.8 Å². The van der Waals surface area contributed by atoms with E-state index >= 15 is 0 Å². The van der Waals surface area contributed by atoms with Crippen molar-refractivity contribution in [3.63, 3.8) is 0 Å². The lowest BCUT2D eigenvalue weighted by atomic mass is 10.0. The molecule has 6 rings (SSSR count). The van der Waals surface area contributed by atoms with Gasteiger partial charge in [0.15, 0.2) is 5.65 Å². The molecule has 2 N–H and O–H groups in total. The summed E-state index contributed by atoms with van der Waals surface area (Å²) >= 11 is 10.0. The summed E-state index contributed by atoms with van der Waals surface area (Å²) in [5.41, 5.74) is 5.84. The average molecular weight is 589 g/mol. The number of nitrogens with one attached hydrogen (secondary N) is 2. The molecule has 8 heteroatoms. The van der Waals surface area contributed by atoms with E-state index < -0.39 is 0 Å². The maximum absolute atomic E-state index is 12.7. The van der Waals surface area contributed by atoms with Crippen LogP contribution in [0.1, 0.15) is 30.4 Å². The molecular weight excluding hydrogens is 562 g/mol. The Balaban J connectivity index is 1.13. The van der Waals surface area contributed by atoms with Gasteiger partial charge in [0.1, 0.15) is 5.82 Å². The number of fused-ring (bicyclic) bond motifs is 1. The minimum Gasteiger partial charge on any atom is -0.366 e. The Morgan fingerprint density at radius 2 is 1.92 bits per heavy atom. The van der Waals surface area contributed by atoms with Crippen molar-refractivity contribution in [1.29, 1.82) is 0 Å². The molecule has 0 saturated heterocycles. The normalized spacial score (nSPS) is 18.3. The van der Waals surface area contributed by atoms with Crippen LogP contribution in [0.25, 0.3) is 16.9 Å². The number of aromatic nitrogens is 3. The molecule has 1 amide bonds. The topological polar surface area (TPSA) is 71.3 Å². The van der Waals surface area contributed by atoms with Crippen molar-refractivity contribution in [2.45, 2.75) is 32.4 Å². The quantitative estimate of drug-likeness (QED) is 0.234. The number of anilines is 1. The second-order valence-corrected chi connectivity index (χ2v) is 11.0. The van der Waals surface area contributed by atoms with Crippen LogP contribution in [-0.4, -0.2) is 20.5 Å². The molecule has 2 aromatic heterocycles. The number of carbonyl (C=O) groups is 1. The molecule has 2 aromatic carbocycles. The Kier molecular flexibility index (Phi) is 7.04. The summed E-state index contributed by atoms with van der Waals surface area (Å²) in [5, 5.41) is 11.8. The number of halogens is 2. The van der Waals surface area contributed by atoms with E-state index in [1.807, 2.05) is 42.5 Å². The first-order valence-corrected chi connectivity index (χ1v) is 14.0. The van der Waals surface area contributed by atoms with E-state index in [0.717, 1.165) is 51.9 Å². The highest BCUT2D eigenvalue weighted by Gasteiger charge is 2.44. The summed E-state index contributed by atoms with van der Waals surface area (Å²) in [4.78, 5) is 17.5. The van der Waals surface area contributed by atoms with Crippen LogP contribution in [0.5, 0.6) is 0 Å². The first-order chi connectivity index (χ1) is 18.6. The van der Waals surface area contributed by atoms with Crippen LogP contribution < -0.4 is 10.6 Å². The third-order valence-electron chi connectivity index (χ3n) is 7.09. The number of rotatable bonds is 8. The lowest BCUT2D eigenvalue weighted by molar-refractivity contribution is -0.122. The van der Waals surface area contributed by atoms with Gasteiger partial charge in [0.2, 0.25) is 5.91 Å². The molecule has 0 spiro atoms. The fraction of sp³-hybridized carbons (Fsp3) is 0.233. The van der Waals surface area contributed by atoms with Gasteiger partial charge in [-0.05, 0) is 63.9 Å². The molecule has 2 heterocycles. The number of allylic oxidation sites excluding steroid dienone is 4. The van der Waals surface area contributed by atoms with Crippen molar-refractivity contribution in [2.75, 3.05) is 5.32 Å². The van der Waals surface area contributed by atoms with Crippen molar-refractivity contribution >= 4 is 44.9 Å². The van der Waals surface area contributed by atoms with Crippen molar-refractivity contribution in [3.05, 3.63) is 105 Å². The second kappa shape index (κ2) is 10.8. The maximum Gasteiger partial charge on any atom is 0.224 e. The number of benzene rings is 2. The van der Waals surface area contributed by atoms with Crippen molar-refractivity contribution in [2.24, 2.45) is 11.8 Å². The third-order valence-corrected chi connectivity index (χ3v) is 7.98. The van der Waals surface area contributed by atoms with Gasteiger partial charge in [-0.1, -0.05) is 72.3 Å². The van der Waals surface area contributed by atoms with E-state index in [4.69, 9.17) is 16.6 Å². The average Bonchev–Trinajstić information content (AvgIpc) is 3.67. The standard InChI is InChI=1S/C30H27BrClN5O/c31-25-18-35-37-28(15-27(36-29(25)37)22-11-4-5-12-26(22)32)33-16-19-7-6-8-20(13-19)17-34-30(38)24-14-23(24)21-9-2-1-3-10-21/h2,4-13,15,18,23-24,33H,1,3,14,16-17H2,(H,34,38)/t23-,24+/m0/s1. The minimum atomic E-state index is 0.101. The van der Waals surface area contributed by atoms with Crippen LogP contribution in [0.3, 0.4) is 0 Å². The summed E-state index contributed by atoms with van der Waals surface area (Å²) in [5.74, 6) is 1.44. The molecule has 0 radical (unpaired) electrons. The number of hydrogen-bond acceptors (Lipinski definition) is 4. The predicted molar refractivity (Wildman–Crippen MR) is 155 cm³/mol. The van der Waals surface area contributed by atoms with Gasteiger partial charge < -0.3 is 10.6 Å². The number of nitrogens with zero attached hydrogens (tertiary/aromatic N) is 3. The van der Waals surface area contributed by atoms with Gasteiger partial charge >= 0.3 is 0 Å². The number of amides is 1. The van der Waals surface area contributed by atoms with Crippen LogP contribution in [0.2, 0.25) is 5.02 Å². The Bertz CT molecular complexity index is 1580. The summed E-state index contributed by atoms with van der Waals surface area (Å²) in [6, 6.07) is 17.9. The molecule has 4 aromatic rings. The van der Waals surface area contributed by atoms with Gasteiger partial charge in [-0.15, -0.1) is 0 Å². The van der Waals surface area contributed by atoms with E-state index in [1.165, 1.54) is 5.57 Å². The predicted octanol–water partition coefficient (Wildman–Crippen LogP) is 6.95. The highest BCUT2D eigenvalue weighted by molar-refractivity contribution is 9.10. The second-order valence-electron chi connectivity index (χ2n) is 9.76. The highest BCUT2D eigenvalue weighted by Crippen LogP contribution is 2.45. The molecule has 0 unspecified atom stereocenters. The molecule has 1 fully saturated rings. The molecule has 1 saturated carbocycles. The Labute approximate surface area is 234 Å². The molecule has 6 nitrogen and oxygen atoms in total. The number of hydrogen-bond donors (Lipinski definition) is 2. The van der Waals surface area contributed by atoms with Crippen molar-refractivity contribution in [3.8, 4) is 11.3 Å². The summed E-state index contributed by atoms with van der Waals surface area (Å²) < 4.78 is 2.58. The minimum absolute atomic E-state index is 0.101. The summed E-state index contributed by atoms with van der Waals surface area (Å²) in [7, 11) is 0. The van der Waals surface area contributed by atoms with E-state index in [2.05, 4.69) is 62.0 Å². The fourth-order valence-corrected chi connectivity index (χ4v) is 5.57. The fourth-order valence-electron chi connectivity index (χ4n) is 4.99. The zero-order chi connectivity index (χ0) is 26.1. The zero-order valence-corrected chi connectivity index (χ0v) is 23.0. The van der Waals surface area contributed by atoms with Gasteiger partial charge in [-0.25, -0.2) is 4.98 Å². The van der Waals surface area contributed by atoms with Crippen LogP contribution >= 0.6 is 27.5 Å². The molecule has 0 aliphatic heterocycles. The van der Waals surface area contributed by atoms with Crippen molar-refractivity contribution in [1.82, 2.24) is 19.9 Å². The molecule has 2 aliphatic carbocycles. The molecular formula is C30H27BrClN5O. The van der Waals surface area contributed by atoms with Crippen LogP contribution in [0.4, 0.5) is 5.82 Å². The maximum atomic E-state index is 12.7. The molecule has 2 atom stereocenters. The van der Waals surface area contributed by atoms with Crippen LogP contribution in [-0.2, 0) is 17.9 Å². The summed E-state index contributed by atoms with van der Waals surface area (Å²) in [6.45, 7) is 1.11. The van der Waals surface area contributed by atoms with Gasteiger partial charge in [0.25, 0.3) is 0 Å². The molecule has 192 valence electrons. The van der Waals surface area contributed by atoms with Crippen molar-refractivity contribution < 1.29 is 4.79 Å². The van der Waals surface area contributed by atoms with Gasteiger partial charge in [-0.2, -0.15) is 9.61 Å². The van der Waals surface area contributed by atoms with Gasteiger partial charge in [-0.3, -0.25) is 4.79 Å². The van der Waals surface area contributed by atoms with E-state index in [9.17, 15) is 4.79 Å². The highest BCUT2D eigenvalue weighted by atomic mass is 79.9. The Morgan fingerprint density at radius 3 is 2.74 bits per heavy atom. The SMILES string of the molecule is O=C(NCc1cccc(CNc2cc(-c3ccccc3Cl)nc3c(Br)cnn23)c1)[C@@H]1C[C@H]1C1=CCCC=C1. The van der Waals surface area contributed by atoms with E-state index in [1.54, 1.807) is 10.7 Å². The van der Waals surface area contributed by atoms with E-state index in [0.29, 0.717) is 29.7 Å². The molecule has 2 aliphatic rings. The Morgan fingerprint density at radius 1 is 1.08 bits per heavy atom. The monoisotopic (exact) mass is 587 g/mol. The van der Waals surface area contributed by atoms with Gasteiger partial charge in [0, 0.05) is 35.7 Å². The molecule has 0 bridgehead atoms. The first-order valence-electron chi connectivity index (χ1n) is 12.8. The third kappa shape index (κ3) is 5.26. The van der Waals surface area contributed by atoms with E-state index in [-0.39, 0.29) is 11.8 Å². The largest absolute Gasteiger partial charge is 0.366 e. The first kappa shape index (κ1) is 24.9.